The predicted molar refractivity (Wildman–Crippen MR) is 106 cm³/mol. The number of amides is 1. The number of carbonyl (C=O) groups excluding carboxylic acids is 1. The number of hydrogen-bond acceptors (Lipinski definition) is 5. The molecule has 0 heterocycles. The first-order chi connectivity index (χ1) is 13.4. The highest BCUT2D eigenvalue weighted by molar-refractivity contribution is 6.05. The zero-order valence-electron chi connectivity index (χ0n) is 16.5. The highest BCUT2D eigenvalue weighted by Crippen LogP contribution is 2.39. The summed E-state index contributed by atoms with van der Waals surface area (Å²) < 4.78 is 16.9. The fourth-order valence-corrected chi connectivity index (χ4v) is 2.70. The summed E-state index contributed by atoms with van der Waals surface area (Å²) in [6, 6.07) is 7.83. The highest BCUT2D eigenvalue weighted by atomic mass is 16.5. The molecular weight excluding hydrogens is 362 g/mol. The summed E-state index contributed by atoms with van der Waals surface area (Å²) in [7, 11) is 0. The minimum atomic E-state index is -1.01. The van der Waals surface area contributed by atoms with Crippen molar-refractivity contribution in [1.29, 1.82) is 0 Å². The van der Waals surface area contributed by atoms with Crippen LogP contribution in [-0.2, 0) is 0 Å². The Hall–Kier alpha value is -3.22. The van der Waals surface area contributed by atoms with E-state index >= 15 is 0 Å². The third-order valence-electron chi connectivity index (χ3n) is 3.89. The van der Waals surface area contributed by atoms with Gasteiger partial charge in [0, 0.05) is 11.3 Å². The number of carboxylic acid groups (broad SMARTS) is 1. The monoisotopic (exact) mass is 387 g/mol. The first kappa shape index (κ1) is 21.1. The second-order valence-corrected chi connectivity index (χ2v) is 5.89. The Morgan fingerprint density at radius 1 is 0.929 bits per heavy atom. The van der Waals surface area contributed by atoms with Crippen molar-refractivity contribution in [3.8, 4) is 17.2 Å². The second-order valence-electron chi connectivity index (χ2n) is 5.89. The van der Waals surface area contributed by atoms with Gasteiger partial charge in [0.1, 0.15) is 0 Å². The Morgan fingerprint density at radius 3 is 1.96 bits per heavy atom. The molecule has 0 radical (unpaired) electrons. The average molecular weight is 387 g/mol. The lowest BCUT2D eigenvalue weighted by atomic mass is 10.1. The largest absolute Gasteiger partial charge is 0.490 e. The van der Waals surface area contributed by atoms with E-state index in [0.717, 1.165) is 0 Å². The van der Waals surface area contributed by atoms with E-state index in [9.17, 15) is 9.59 Å². The molecule has 7 heteroatoms. The van der Waals surface area contributed by atoms with E-state index in [1.54, 1.807) is 31.2 Å². The normalized spacial score (nSPS) is 10.3. The van der Waals surface area contributed by atoms with Gasteiger partial charge in [-0.2, -0.15) is 0 Å². The van der Waals surface area contributed by atoms with E-state index in [-0.39, 0.29) is 11.5 Å². The number of anilines is 1. The molecule has 28 heavy (non-hydrogen) atoms. The third-order valence-corrected chi connectivity index (χ3v) is 3.89. The number of benzene rings is 2. The summed E-state index contributed by atoms with van der Waals surface area (Å²) in [6.07, 6.45) is 0. The molecule has 2 aromatic carbocycles. The second kappa shape index (κ2) is 9.64. The molecule has 2 aromatic rings. The molecule has 0 saturated carbocycles. The fraction of sp³-hybridized carbons (Fsp3) is 0.333. The Morgan fingerprint density at radius 2 is 1.50 bits per heavy atom. The third kappa shape index (κ3) is 4.94. The van der Waals surface area contributed by atoms with Crippen molar-refractivity contribution in [3.63, 3.8) is 0 Å². The average Bonchev–Trinajstić information content (AvgIpc) is 2.64. The van der Waals surface area contributed by atoms with Crippen molar-refractivity contribution >= 4 is 17.6 Å². The standard InChI is InChI=1S/C21H25NO6/c1-5-26-17-11-14(12-18(27-6-2)19(17)28-7-3)20(23)22-15-8-9-16(21(24)25)13(4)10-15/h8-12H,5-7H2,1-4H3,(H,22,23)(H,24,25). The van der Waals surface area contributed by atoms with E-state index in [1.807, 2.05) is 20.8 Å². The van der Waals surface area contributed by atoms with Crippen molar-refractivity contribution in [3.05, 3.63) is 47.0 Å². The van der Waals surface area contributed by atoms with Crippen LogP contribution in [0.2, 0.25) is 0 Å². The molecule has 2 N–H and O–H groups in total. The molecule has 150 valence electrons. The molecule has 1 amide bonds. The minimum Gasteiger partial charge on any atom is -0.490 e. The Bertz CT molecular complexity index is 835. The summed E-state index contributed by atoms with van der Waals surface area (Å²) in [5, 5.41) is 11.9. The Balaban J connectivity index is 2.36. The lowest BCUT2D eigenvalue weighted by Crippen LogP contribution is -2.14. The van der Waals surface area contributed by atoms with Gasteiger partial charge in [0.25, 0.3) is 5.91 Å². The zero-order chi connectivity index (χ0) is 20.7. The first-order valence-electron chi connectivity index (χ1n) is 9.12. The maximum Gasteiger partial charge on any atom is 0.335 e. The quantitative estimate of drug-likeness (QED) is 0.671. The number of ether oxygens (including phenoxy) is 3. The van der Waals surface area contributed by atoms with Crippen molar-refractivity contribution in [2.45, 2.75) is 27.7 Å². The maximum absolute atomic E-state index is 12.7. The Labute approximate surface area is 164 Å². The van der Waals surface area contributed by atoms with Crippen LogP contribution in [0.5, 0.6) is 17.2 Å². The molecule has 7 nitrogen and oxygen atoms in total. The smallest absolute Gasteiger partial charge is 0.335 e. The van der Waals surface area contributed by atoms with Crippen LogP contribution < -0.4 is 19.5 Å². The summed E-state index contributed by atoms with van der Waals surface area (Å²) in [5.74, 6) is -0.0582. The summed E-state index contributed by atoms with van der Waals surface area (Å²) >= 11 is 0. The van der Waals surface area contributed by atoms with Gasteiger partial charge in [-0.1, -0.05) is 0 Å². The molecule has 0 atom stereocenters. The predicted octanol–water partition coefficient (Wildman–Crippen LogP) is 4.14. The van der Waals surface area contributed by atoms with Gasteiger partial charge >= 0.3 is 5.97 Å². The molecule has 0 fully saturated rings. The summed E-state index contributed by atoms with van der Waals surface area (Å²) in [4.78, 5) is 23.9. The van der Waals surface area contributed by atoms with Crippen LogP contribution in [0.25, 0.3) is 0 Å². The molecule has 0 unspecified atom stereocenters. The van der Waals surface area contributed by atoms with Crippen LogP contribution in [0.1, 0.15) is 47.1 Å². The number of carboxylic acids is 1. The number of aryl methyl sites for hydroxylation is 1. The van der Waals surface area contributed by atoms with Crippen molar-refractivity contribution in [1.82, 2.24) is 0 Å². The summed E-state index contributed by atoms with van der Waals surface area (Å²) in [6.45, 7) is 8.47. The number of rotatable bonds is 9. The van der Waals surface area contributed by atoms with Crippen molar-refractivity contribution in [2.75, 3.05) is 25.1 Å². The molecule has 2 rings (SSSR count). The van der Waals surface area contributed by atoms with Crippen molar-refractivity contribution in [2.24, 2.45) is 0 Å². The van der Waals surface area contributed by atoms with Crippen LogP contribution in [0.15, 0.2) is 30.3 Å². The fourth-order valence-electron chi connectivity index (χ4n) is 2.70. The van der Waals surface area contributed by atoms with Gasteiger partial charge in [-0.05, 0) is 63.6 Å². The van der Waals surface area contributed by atoms with Crippen LogP contribution in [-0.4, -0.2) is 36.8 Å². The van der Waals surface area contributed by atoms with E-state index in [4.69, 9.17) is 19.3 Å². The first-order valence-corrected chi connectivity index (χ1v) is 9.12. The lowest BCUT2D eigenvalue weighted by Gasteiger charge is -2.17. The van der Waals surface area contributed by atoms with Gasteiger partial charge in [0.15, 0.2) is 11.5 Å². The van der Waals surface area contributed by atoms with Crippen LogP contribution in [0.4, 0.5) is 5.69 Å². The molecule has 0 aromatic heterocycles. The van der Waals surface area contributed by atoms with Crippen LogP contribution in [0.3, 0.4) is 0 Å². The zero-order valence-corrected chi connectivity index (χ0v) is 16.5. The highest BCUT2D eigenvalue weighted by Gasteiger charge is 2.19. The molecule has 0 spiro atoms. The van der Waals surface area contributed by atoms with Crippen molar-refractivity contribution < 1.29 is 28.9 Å². The molecule has 0 aliphatic heterocycles. The molecule has 0 aliphatic carbocycles. The number of carbonyl (C=O) groups is 2. The van der Waals surface area contributed by atoms with Gasteiger partial charge in [0.2, 0.25) is 5.75 Å². The SMILES string of the molecule is CCOc1cc(C(=O)Nc2ccc(C(=O)O)c(C)c2)cc(OCC)c1OCC. The number of aromatic carboxylic acids is 1. The van der Waals surface area contributed by atoms with Gasteiger partial charge < -0.3 is 24.6 Å². The summed E-state index contributed by atoms with van der Waals surface area (Å²) in [5.41, 5.74) is 1.59. The minimum absolute atomic E-state index is 0.191. The number of hydrogen-bond donors (Lipinski definition) is 2. The van der Waals surface area contributed by atoms with Gasteiger partial charge in [-0.25, -0.2) is 4.79 Å². The topological polar surface area (TPSA) is 94.1 Å². The van der Waals surface area contributed by atoms with Gasteiger partial charge in [-0.3, -0.25) is 4.79 Å². The Kier molecular flexibility index (Phi) is 7.26. The molecule has 0 aliphatic rings. The van der Waals surface area contributed by atoms with E-state index in [2.05, 4.69) is 5.32 Å². The van der Waals surface area contributed by atoms with E-state index < -0.39 is 5.97 Å². The number of nitrogens with one attached hydrogen (secondary N) is 1. The molecular formula is C21H25NO6. The maximum atomic E-state index is 12.7. The van der Waals surface area contributed by atoms with E-state index in [1.165, 1.54) is 6.07 Å². The van der Waals surface area contributed by atoms with Gasteiger partial charge in [-0.15, -0.1) is 0 Å². The van der Waals surface area contributed by atoms with E-state index in [0.29, 0.717) is 53.9 Å². The molecule has 0 saturated heterocycles. The van der Waals surface area contributed by atoms with Gasteiger partial charge in [0.05, 0.1) is 25.4 Å². The van der Waals surface area contributed by atoms with Crippen LogP contribution >= 0.6 is 0 Å². The van der Waals surface area contributed by atoms with Crippen LogP contribution in [0, 0.1) is 6.92 Å². The lowest BCUT2D eigenvalue weighted by molar-refractivity contribution is 0.0696. The molecule has 0 bridgehead atoms.